The maximum Gasteiger partial charge on any atom is 0.149 e. The van der Waals surface area contributed by atoms with Crippen molar-refractivity contribution in [2.45, 2.75) is 51.3 Å². The Morgan fingerprint density at radius 3 is 2.31 bits per heavy atom. The van der Waals surface area contributed by atoms with Gasteiger partial charge in [0.25, 0.3) is 0 Å². The van der Waals surface area contributed by atoms with Crippen molar-refractivity contribution in [3.05, 3.63) is 5.92 Å². The topological polar surface area (TPSA) is 29.5 Å². The molecule has 4 heteroatoms. The number of likely N-dealkylation sites (tertiary alicyclic amines) is 1. The zero-order valence-corrected chi connectivity index (χ0v) is 13.7. The summed E-state index contributed by atoms with van der Waals surface area (Å²) in [5.74, 6) is 1.50. The molecule has 2 aliphatic rings. The van der Waals surface area contributed by atoms with E-state index < -0.39 is 5.54 Å². The van der Waals surface area contributed by atoms with Crippen molar-refractivity contribution in [3.8, 4) is 0 Å². The third-order valence-corrected chi connectivity index (χ3v) is 4.82. The van der Waals surface area contributed by atoms with Gasteiger partial charge in [0.1, 0.15) is 5.78 Å². The Balaban J connectivity index is 0.00000128. The summed E-state index contributed by atoms with van der Waals surface area (Å²) in [6.07, 6.45) is 0.976. The summed E-state index contributed by atoms with van der Waals surface area (Å²) in [5, 5.41) is 0. The Morgan fingerprint density at radius 2 is 2.06 bits per heavy atom. The van der Waals surface area contributed by atoms with Gasteiger partial charge in [-0.25, -0.2) is 0 Å². The molecule has 0 saturated carbocycles. The Labute approximate surface area is 123 Å². The van der Waals surface area contributed by atoms with E-state index in [0.717, 1.165) is 13.0 Å². The minimum Gasteiger partial charge on any atom is -0.404 e. The molecule has 3 atom stereocenters. The minimum atomic E-state index is -0.477. The second-order valence-corrected chi connectivity index (χ2v) is 5.02. The summed E-state index contributed by atoms with van der Waals surface area (Å²) in [5.41, 5.74) is -0.790. The average Bonchev–Trinajstić information content (AvgIpc) is 2.26. The number of nitrogens with zero attached hydrogens (tertiary/aromatic N) is 1. The first-order chi connectivity index (χ1) is 6.88. The van der Waals surface area contributed by atoms with E-state index in [1.54, 1.807) is 6.92 Å². The quantitative estimate of drug-likeness (QED) is 0.686. The number of ketones is 1. The van der Waals surface area contributed by atoms with Crippen LogP contribution in [0.3, 0.4) is 0 Å². The van der Waals surface area contributed by atoms with Gasteiger partial charge in [-0.1, -0.05) is 6.92 Å². The van der Waals surface area contributed by atoms with Crippen LogP contribution in [0, 0.1) is 5.92 Å². The fourth-order valence-electron chi connectivity index (χ4n) is 3.22. The fraction of sp³-hybridized carbons (Fsp3) is 0.833. The van der Waals surface area contributed by atoms with Crippen LogP contribution >= 0.6 is 0 Å². The molecule has 3 nitrogen and oxygen atoms in total. The molecule has 16 heavy (non-hydrogen) atoms. The van der Waals surface area contributed by atoms with Gasteiger partial charge in [0, 0.05) is 39.3 Å². The SMILES string of the molecule is CC(=O)C1(C)N(C)C(C)[C-](C)C12CCO2.[Y]. The van der Waals surface area contributed by atoms with Gasteiger partial charge < -0.3 is 9.64 Å². The molecule has 0 aromatic carbocycles. The van der Waals surface area contributed by atoms with Crippen LogP contribution in [-0.4, -0.2) is 41.5 Å². The number of ether oxygens (including phenoxy) is 1. The van der Waals surface area contributed by atoms with Crippen molar-refractivity contribution in [2.75, 3.05) is 13.7 Å². The smallest absolute Gasteiger partial charge is 0.149 e. The zero-order chi connectivity index (χ0) is 11.4. The van der Waals surface area contributed by atoms with Crippen LogP contribution in [0.1, 0.15) is 34.1 Å². The number of hydrogen-bond acceptors (Lipinski definition) is 3. The van der Waals surface area contributed by atoms with Crippen molar-refractivity contribution in [2.24, 2.45) is 0 Å². The molecular weight excluding hydrogens is 279 g/mol. The standard InChI is InChI=1S/C12H20NO2.Y/c1-8-9(2)13(5)11(4,10(3)14)12(8)6-7-15-12;/h9H,6-7H2,1-5H3;/q-1;. The van der Waals surface area contributed by atoms with E-state index in [4.69, 9.17) is 4.74 Å². The maximum atomic E-state index is 11.9. The zero-order valence-electron chi connectivity index (χ0n) is 10.8. The van der Waals surface area contributed by atoms with E-state index in [-0.39, 0.29) is 44.1 Å². The molecule has 0 amide bonds. The fourth-order valence-corrected chi connectivity index (χ4v) is 3.22. The molecule has 1 spiro atoms. The van der Waals surface area contributed by atoms with Crippen molar-refractivity contribution >= 4 is 5.78 Å². The van der Waals surface area contributed by atoms with E-state index >= 15 is 0 Å². The van der Waals surface area contributed by atoms with E-state index in [2.05, 4.69) is 18.7 Å². The Morgan fingerprint density at radius 1 is 1.56 bits per heavy atom. The minimum absolute atomic E-state index is 0. The maximum absolute atomic E-state index is 11.9. The molecular formula is C12H20NO2Y-. The molecule has 2 saturated heterocycles. The second-order valence-electron chi connectivity index (χ2n) is 5.02. The van der Waals surface area contributed by atoms with Crippen LogP contribution in [0.5, 0.6) is 0 Å². The summed E-state index contributed by atoms with van der Waals surface area (Å²) < 4.78 is 5.81. The monoisotopic (exact) mass is 299 g/mol. The third-order valence-electron chi connectivity index (χ3n) is 4.82. The van der Waals surface area contributed by atoms with Crippen LogP contribution in [0.15, 0.2) is 0 Å². The van der Waals surface area contributed by atoms with Crippen LogP contribution in [0.2, 0.25) is 0 Å². The molecule has 2 aliphatic heterocycles. The first-order valence-electron chi connectivity index (χ1n) is 5.60. The van der Waals surface area contributed by atoms with E-state index in [0.29, 0.717) is 6.04 Å². The molecule has 3 unspecified atom stereocenters. The van der Waals surface area contributed by atoms with E-state index in [9.17, 15) is 4.79 Å². The van der Waals surface area contributed by atoms with Crippen LogP contribution in [0.25, 0.3) is 0 Å². The van der Waals surface area contributed by atoms with Crippen LogP contribution in [0.4, 0.5) is 0 Å². The molecule has 0 aliphatic carbocycles. The molecule has 2 rings (SSSR count). The number of Topliss-reactive ketones (excluding diaryl/α,β-unsaturated/α-hetero) is 1. The third kappa shape index (κ3) is 1.44. The van der Waals surface area contributed by atoms with Gasteiger partial charge >= 0.3 is 0 Å². The predicted octanol–water partition coefficient (Wildman–Crippen LogP) is 1.42. The summed E-state index contributed by atoms with van der Waals surface area (Å²) in [6.45, 7) is 8.73. The van der Waals surface area contributed by atoms with Gasteiger partial charge in [0.2, 0.25) is 0 Å². The van der Waals surface area contributed by atoms with Gasteiger partial charge in [-0.3, -0.25) is 10.7 Å². The van der Waals surface area contributed by atoms with Crippen molar-refractivity contribution in [1.82, 2.24) is 4.90 Å². The Hall–Kier alpha value is 0.694. The summed E-state index contributed by atoms with van der Waals surface area (Å²) in [7, 11) is 2.02. The largest absolute Gasteiger partial charge is 0.404 e. The molecule has 0 aromatic heterocycles. The summed E-state index contributed by atoms with van der Waals surface area (Å²) >= 11 is 0. The number of likely N-dealkylation sites (N-methyl/N-ethyl adjacent to an activating group) is 1. The average molecular weight is 299 g/mol. The molecule has 2 fully saturated rings. The number of hydrogen-bond donors (Lipinski definition) is 0. The Kier molecular flexibility index (Phi) is 4.07. The van der Waals surface area contributed by atoms with Gasteiger partial charge in [-0.15, -0.1) is 6.04 Å². The molecule has 0 N–H and O–H groups in total. The van der Waals surface area contributed by atoms with Gasteiger partial charge in [-0.2, -0.15) is 6.92 Å². The first kappa shape index (κ1) is 14.8. The first-order valence-corrected chi connectivity index (χ1v) is 5.60. The molecule has 89 valence electrons. The van der Waals surface area contributed by atoms with E-state index in [1.165, 1.54) is 5.92 Å². The predicted molar refractivity (Wildman–Crippen MR) is 58.5 cm³/mol. The normalized spacial score (nSPS) is 44.2. The molecule has 0 bridgehead atoms. The van der Waals surface area contributed by atoms with Gasteiger partial charge in [0.15, 0.2) is 0 Å². The van der Waals surface area contributed by atoms with Crippen LogP contribution in [-0.2, 0) is 42.2 Å². The number of carbonyl (C=O) groups is 1. The molecule has 1 radical (unpaired) electrons. The van der Waals surface area contributed by atoms with Gasteiger partial charge in [-0.05, 0) is 32.9 Å². The van der Waals surface area contributed by atoms with Crippen molar-refractivity contribution in [3.63, 3.8) is 0 Å². The van der Waals surface area contributed by atoms with E-state index in [1.807, 2.05) is 14.0 Å². The summed E-state index contributed by atoms with van der Waals surface area (Å²) in [4.78, 5) is 14.1. The summed E-state index contributed by atoms with van der Waals surface area (Å²) in [6, 6.07) is 0.319. The van der Waals surface area contributed by atoms with Crippen LogP contribution < -0.4 is 0 Å². The number of carbonyl (C=O) groups excluding carboxylic acids is 1. The molecule has 0 aromatic rings. The molecule has 2 heterocycles. The Bertz CT molecular complexity index is 303. The van der Waals surface area contributed by atoms with Gasteiger partial charge in [0.05, 0.1) is 5.54 Å². The van der Waals surface area contributed by atoms with Crippen molar-refractivity contribution in [1.29, 1.82) is 0 Å². The second kappa shape index (κ2) is 4.42. The number of rotatable bonds is 1. The van der Waals surface area contributed by atoms with Crippen molar-refractivity contribution < 1.29 is 42.2 Å².